The van der Waals surface area contributed by atoms with Gasteiger partial charge in [-0.15, -0.1) is 0 Å². The van der Waals surface area contributed by atoms with Crippen molar-refractivity contribution in [1.82, 2.24) is 9.78 Å². The smallest absolute Gasteiger partial charge is 0.370 e. The van der Waals surface area contributed by atoms with Gasteiger partial charge >= 0.3 is 6.18 Å². The Morgan fingerprint density at radius 2 is 1.87 bits per heavy atom. The number of hydrogen-bond donors (Lipinski definition) is 1. The van der Waals surface area contributed by atoms with E-state index in [1.165, 1.54) is 24.3 Å². The van der Waals surface area contributed by atoms with E-state index in [0.29, 0.717) is 23.4 Å². The molecular weight excluding hydrogens is 397 g/mol. The molecule has 2 heterocycles. The van der Waals surface area contributed by atoms with Crippen LogP contribution in [0.15, 0.2) is 42.5 Å². The highest BCUT2D eigenvalue weighted by molar-refractivity contribution is 5.72. The maximum absolute atomic E-state index is 12.9. The van der Waals surface area contributed by atoms with Gasteiger partial charge in [0.25, 0.3) is 5.69 Å². The lowest BCUT2D eigenvalue weighted by Gasteiger charge is -2.11. The van der Waals surface area contributed by atoms with Gasteiger partial charge in [0.1, 0.15) is 5.82 Å². The molecule has 2 aromatic carbocycles. The first kappa shape index (κ1) is 19.9. The summed E-state index contributed by atoms with van der Waals surface area (Å²) in [5, 5.41) is 19.3. The first-order valence-electron chi connectivity index (χ1n) is 9.54. The Hall–Kier alpha value is -3.36. The van der Waals surface area contributed by atoms with Crippen LogP contribution in [-0.4, -0.2) is 21.2 Å². The zero-order valence-electron chi connectivity index (χ0n) is 16.2. The molecule has 0 bridgehead atoms. The van der Waals surface area contributed by atoms with Crippen molar-refractivity contribution in [3.63, 3.8) is 0 Å². The van der Waals surface area contributed by atoms with Crippen molar-refractivity contribution in [3.05, 3.63) is 69.3 Å². The molecule has 0 aliphatic carbocycles. The molecule has 3 aromatic rings. The van der Waals surface area contributed by atoms with Gasteiger partial charge < -0.3 is 5.32 Å². The highest BCUT2D eigenvalue weighted by atomic mass is 19.4. The molecule has 156 valence electrons. The molecule has 1 aliphatic heterocycles. The van der Waals surface area contributed by atoms with Gasteiger partial charge in [0.15, 0.2) is 0 Å². The summed E-state index contributed by atoms with van der Waals surface area (Å²) in [6, 6.07) is 9.49. The van der Waals surface area contributed by atoms with E-state index in [9.17, 15) is 23.3 Å². The third-order valence-corrected chi connectivity index (χ3v) is 5.25. The summed E-state index contributed by atoms with van der Waals surface area (Å²) in [7, 11) is 0. The molecular formula is C21H19F3N4O2. The van der Waals surface area contributed by atoms with Crippen molar-refractivity contribution < 1.29 is 18.1 Å². The van der Waals surface area contributed by atoms with Crippen LogP contribution in [0.5, 0.6) is 0 Å². The predicted molar refractivity (Wildman–Crippen MR) is 107 cm³/mol. The minimum atomic E-state index is -4.41. The third kappa shape index (κ3) is 3.62. The van der Waals surface area contributed by atoms with Crippen LogP contribution < -0.4 is 5.32 Å². The fourth-order valence-corrected chi connectivity index (χ4v) is 3.67. The average Bonchev–Trinajstić information content (AvgIpc) is 2.88. The minimum Gasteiger partial charge on any atom is -0.370 e. The molecule has 30 heavy (non-hydrogen) atoms. The number of benzene rings is 2. The second kappa shape index (κ2) is 7.47. The fraction of sp³-hybridized carbons (Fsp3) is 0.286. The SMILES string of the molecule is Cc1ccc([N+](=O)[O-])cc1-n1nc(-c2ccc(C(F)(F)F)cc2)c2c1NCCCC2. The Morgan fingerprint density at radius 1 is 1.13 bits per heavy atom. The van der Waals surface area contributed by atoms with E-state index < -0.39 is 16.7 Å². The van der Waals surface area contributed by atoms with Crippen LogP contribution in [0.25, 0.3) is 16.9 Å². The van der Waals surface area contributed by atoms with Gasteiger partial charge in [-0.1, -0.05) is 18.2 Å². The van der Waals surface area contributed by atoms with Gasteiger partial charge in [-0.3, -0.25) is 10.1 Å². The summed E-state index contributed by atoms with van der Waals surface area (Å²) in [5.74, 6) is 0.728. The standard InChI is InChI=1S/C21H19F3N4O2/c1-13-5-10-16(28(29)30)12-18(13)27-20-17(4-2-3-11-25-20)19(26-27)14-6-8-15(9-7-14)21(22,23)24/h5-10,12,25H,2-4,11H2,1H3. The van der Waals surface area contributed by atoms with Crippen LogP contribution in [-0.2, 0) is 12.6 Å². The number of hydrogen-bond acceptors (Lipinski definition) is 4. The first-order valence-corrected chi connectivity index (χ1v) is 9.54. The topological polar surface area (TPSA) is 73.0 Å². The summed E-state index contributed by atoms with van der Waals surface area (Å²) in [4.78, 5) is 10.8. The number of nitrogens with zero attached hydrogens (tertiary/aromatic N) is 3. The van der Waals surface area contributed by atoms with E-state index in [-0.39, 0.29) is 5.69 Å². The number of anilines is 1. The van der Waals surface area contributed by atoms with Gasteiger partial charge in [0.05, 0.1) is 21.9 Å². The summed E-state index contributed by atoms with van der Waals surface area (Å²) in [6.45, 7) is 2.56. The van der Waals surface area contributed by atoms with Crippen molar-refractivity contribution in [2.75, 3.05) is 11.9 Å². The Balaban J connectivity index is 1.88. The number of aromatic nitrogens is 2. The van der Waals surface area contributed by atoms with Crippen LogP contribution in [0.3, 0.4) is 0 Å². The number of rotatable bonds is 3. The molecule has 1 aromatic heterocycles. The summed E-state index contributed by atoms with van der Waals surface area (Å²) in [5.41, 5.74) is 2.65. The fourth-order valence-electron chi connectivity index (χ4n) is 3.67. The van der Waals surface area contributed by atoms with Crippen LogP contribution in [0.2, 0.25) is 0 Å². The van der Waals surface area contributed by atoms with E-state index >= 15 is 0 Å². The van der Waals surface area contributed by atoms with Crippen molar-refractivity contribution in [3.8, 4) is 16.9 Å². The lowest BCUT2D eigenvalue weighted by atomic mass is 10.0. The van der Waals surface area contributed by atoms with Crippen LogP contribution >= 0.6 is 0 Å². The lowest BCUT2D eigenvalue weighted by Crippen LogP contribution is -2.08. The second-order valence-electron chi connectivity index (χ2n) is 7.27. The van der Waals surface area contributed by atoms with E-state index in [1.807, 2.05) is 6.92 Å². The zero-order chi connectivity index (χ0) is 21.5. The molecule has 4 rings (SSSR count). The molecule has 1 aliphatic rings. The van der Waals surface area contributed by atoms with Crippen molar-refractivity contribution in [2.45, 2.75) is 32.4 Å². The van der Waals surface area contributed by atoms with Gasteiger partial charge in [0, 0.05) is 29.8 Å². The molecule has 0 spiro atoms. The van der Waals surface area contributed by atoms with E-state index in [4.69, 9.17) is 0 Å². The molecule has 1 N–H and O–H groups in total. The third-order valence-electron chi connectivity index (χ3n) is 5.25. The highest BCUT2D eigenvalue weighted by Gasteiger charge is 2.30. The molecule has 9 heteroatoms. The number of nitrogens with one attached hydrogen (secondary N) is 1. The molecule has 0 saturated carbocycles. The van der Waals surface area contributed by atoms with Crippen LogP contribution in [0, 0.1) is 17.0 Å². The van der Waals surface area contributed by atoms with Gasteiger partial charge in [0.2, 0.25) is 0 Å². The number of aryl methyl sites for hydroxylation is 1. The number of alkyl halides is 3. The highest BCUT2D eigenvalue weighted by Crippen LogP contribution is 2.37. The predicted octanol–water partition coefficient (Wildman–Crippen LogP) is 5.52. The quantitative estimate of drug-likeness (QED) is 0.451. The molecule has 0 amide bonds. The molecule has 6 nitrogen and oxygen atoms in total. The molecule has 0 atom stereocenters. The number of fused-ring (bicyclic) bond motifs is 1. The minimum absolute atomic E-state index is 0.0513. The summed E-state index contributed by atoms with van der Waals surface area (Å²) >= 11 is 0. The van der Waals surface area contributed by atoms with Crippen LogP contribution in [0.1, 0.15) is 29.5 Å². The number of nitro groups is 1. The number of non-ortho nitro benzene ring substituents is 1. The first-order chi connectivity index (χ1) is 14.3. The normalized spacial score (nSPS) is 14.0. The summed E-state index contributed by atoms with van der Waals surface area (Å²) in [6.07, 6.45) is -1.84. The van der Waals surface area contributed by atoms with E-state index in [1.54, 1.807) is 10.7 Å². The molecule has 0 fully saturated rings. The van der Waals surface area contributed by atoms with Gasteiger partial charge in [-0.25, -0.2) is 4.68 Å². The van der Waals surface area contributed by atoms with Crippen molar-refractivity contribution in [1.29, 1.82) is 0 Å². The zero-order valence-corrected chi connectivity index (χ0v) is 16.2. The molecule has 0 unspecified atom stereocenters. The maximum Gasteiger partial charge on any atom is 0.416 e. The number of halogens is 3. The second-order valence-corrected chi connectivity index (χ2v) is 7.27. The van der Waals surface area contributed by atoms with E-state index in [0.717, 1.165) is 48.5 Å². The average molecular weight is 416 g/mol. The summed E-state index contributed by atoms with van der Waals surface area (Å²) < 4.78 is 40.4. The number of nitro benzene ring substituents is 1. The van der Waals surface area contributed by atoms with Gasteiger partial charge in [-0.05, 0) is 43.9 Å². The Morgan fingerprint density at radius 3 is 2.53 bits per heavy atom. The van der Waals surface area contributed by atoms with Crippen molar-refractivity contribution in [2.24, 2.45) is 0 Å². The molecule has 0 radical (unpaired) electrons. The van der Waals surface area contributed by atoms with Gasteiger partial charge in [-0.2, -0.15) is 18.3 Å². The Kier molecular flexibility index (Phi) is 4.97. The Bertz CT molecular complexity index is 1100. The monoisotopic (exact) mass is 416 g/mol. The maximum atomic E-state index is 12.9. The van der Waals surface area contributed by atoms with Crippen molar-refractivity contribution >= 4 is 11.5 Å². The molecule has 0 saturated heterocycles. The lowest BCUT2D eigenvalue weighted by molar-refractivity contribution is -0.384. The van der Waals surface area contributed by atoms with Crippen LogP contribution in [0.4, 0.5) is 24.7 Å². The van der Waals surface area contributed by atoms with E-state index in [2.05, 4.69) is 10.4 Å². The largest absolute Gasteiger partial charge is 0.416 e. The Labute approximate surface area is 170 Å².